The van der Waals surface area contributed by atoms with Gasteiger partial charge < -0.3 is 4.90 Å². The van der Waals surface area contributed by atoms with Gasteiger partial charge in [0.1, 0.15) is 12.1 Å². The lowest BCUT2D eigenvalue weighted by atomic mass is 10.0. The van der Waals surface area contributed by atoms with Gasteiger partial charge in [-0.2, -0.15) is 0 Å². The Morgan fingerprint density at radius 2 is 2.17 bits per heavy atom. The Hall–Kier alpha value is -1.53. The van der Waals surface area contributed by atoms with Crippen LogP contribution in [0.25, 0.3) is 0 Å². The van der Waals surface area contributed by atoms with E-state index in [2.05, 4.69) is 59.9 Å². The van der Waals surface area contributed by atoms with E-state index in [0.717, 1.165) is 35.6 Å². The molecule has 0 bridgehead atoms. The minimum atomic E-state index is 0.484. The second-order valence-corrected chi connectivity index (χ2v) is 7.09. The largest absolute Gasteiger partial charge is 0.355 e. The zero-order valence-corrected chi connectivity index (χ0v) is 15.2. The molecular weight excluding hydrogens is 354 g/mol. The van der Waals surface area contributed by atoms with Crippen LogP contribution in [0.2, 0.25) is 0 Å². The maximum Gasteiger partial charge on any atom is 0.132 e. The molecule has 3 heterocycles. The standard InChI is InChI=1S/C17H22BrN5/c1-13-6-17(21-12-20-13)22(2)16-4-3-5-23(11-16)10-14-7-15(18)9-19-8-14/h6-9,12,16H,3-5,10-11H2,1-2H3. The van der Waals surface area contributed by atoms with Crippen molar-refractivity contribution in [3.63, 3.8) is 0 Å². The lowest BCUT2D eigenvalue weighted by Crippen LogP contribution is -2.46. The Labute approximate surface area is 145 Å². The number of anilines is 1. The van der Waals surface area contributed by atoms with Gasteiger partial charge in [-0.05, 0) is 53.9 Å². The summed E-state index contributed by atoms with van der Waals surface area (Å²) in [5, 5.41) is 0. The molecular formula is C17H22BrN5. The highest BCUT2D eigenvalue weighted by atomic mass is 79.9. The molecule has 1 fully saturated rings. The van der Waals surface area contributed by atoms with Crippen LogP contribution in [-0.4, -0.2) is 46.0 Å². The number of halogens is 1. The van der Waals surface area contributed by atoms with E-state index in [-0.39, 0.29) is 0 Å². The predicted molar refractivity (Wildman–Crippen MR) is 95.4 cm³/mol. The summed E-state index contributed by atoms with van der Waals surface area (Å²) in [5.41, 5.74) is 2.26. The van der Waals surface area contributed by atoms with Crippen LogP contribution in [0.4, 0.5) is 5.82 Å². The van der Waals surface area contributed by atoms with Crippen molar-refractivity contribution in [3.05, 3.63) is 46.6 Å². The highest BCUT2D eigenvalue weighted by Crippen LogP contribution is 2.21. The van der Waals surface area contributed by atoms with Crippen LogP contribution in [0.3, 0.4) is 0 Å². The van der Waals surface area contributed by atoms with Crippen LogP contribution >= 0.6 is 15.9 Å². The highest BCUT2D eigenvalue weighted by Gasteiger charge is 2.24. The fraction of sp³-hybridized carbons (Fsp3) is 0.471. The number of aromatic nitrogens is 3. The fourth-order valence-corrected chi connectivity index (χ4v) is 3.52. The molecule has 1 aliphatic rings. The second-order valence-electron chi connectivity index (χ2n) is 6.17. The fourth-order valence-electron chi connectivity index (χ4n) is 3.11. The summed E-state index contributed by atoms with van der Waals surface area (Å²) in [4.78, 5) is 17.7. The van der Waals surface area contributed by atoms with Gasteiger partial charge in [0.15, 0.2) is 0 Å². The number of pyridine rings is 1. The normalized spacial score (nSPS) is 18.8. The smallest absolute Gasteiger partial charge is 0.132 e. The third-order valence-corrected chi connectivity index (χ3v) is 4.78. The van der Waals surface area contributed by atoms with Crippen molar-refractivity contribution in [3.8, 4) is 0 Å². The third-order valence-electron chi connectivity index (χ3n) is 4.35. The molecule has 0 saturated carbocycles. The summed E-state index contributed by atoms with van der Waals surface area (Å²) in [6.07, 6.45) is 7.84. The van der Waals surface area contributed by atoms with Gasteiger partial charge in [0.2, 0.25) is 0 Å². The van der Waals surface area contributed by atoms with Crippen LogP contribution in [0.15, 0.2) is 35.3 Å². The maximum atomic E-state index is 4.42. The molecule has 1 atom stereocenters. The van der Waals surface area contributed by atoms with E-state index in [9.17, 15) is 0 Å². The van der Waals surface area contributed by atoms with Gasteiger partial charge in [0, 0.05) is 54.8 Å². The minimum absolute atomic E-state index is 0.484. The number of nitrogens with zero attached hydrogens (tertiary/aromatic N) is 5. The number of aryl methyl sites for hydroxylation is 1. The van der Waals surface area contributed by atoms with Crippen LogP contribution in [0.5, 0.6) is 0 Å². The summed E-state index contributed by atoms with van der Waals surface area (Å²) in [7, 11) is 2.14. The first-order chi connectivity index (χ1) is 11.1. The molecule has 2 aromatic rings. The Bertz CT molecular complexity index is 663. The van der Waals surface area contributed by atoms with E-state index >= 15 is 0 Å². The number of hydrogen-bond acceptors (Lipinski definition) is 5. The molecule has 2 aromatic heterocycles. The maximum absolute atomic E-state index is 4.42. The zero-order chi connectivity index (χ0) is 16.2. The van der Waals surface area contributed by atoms with Crippen LogP contribution < -0.4 is 4.90 Å². The number of hydrogen-bond donors (Lipinski definition) is 0. The average molecular weight is 376 g/mol. The molecule has 0 aromatic carbocycles. The lowest BCUT2D eigenvalue weighted by molar-refractivity contribution is 0.198. The van der Waals surface area contributed by atoms with Crippen molar-refractivity contribution in [1.82, 2.24) is 19.9 Å². The molecule has 0 amide bonds. The van der Waals surface area contributed by atoms with Crippen molar-refractivity contribution < 1.29 is 0 Å². The minimum Gasteiger partial charge on any atom is -0.355 e. The first kappa shape index (κ1) is 16.3. The van der Waals surface area contributed by atoms with Crippen molar-refractivity contribution in [2.45, 2.75) is 32.4 Å². The first-order valence-electron chi connectivity index (χ1n) is 7.95. The topological polar surface area (TPSA) is 45.2 Å². The SMILES string of the molecule is Cc1cc(N(C)C2CCCN(Cc3cncc(Br)c3)C2)ncn1. The van der Waals surface area contributed by atoms with E-state index in [0.29, 0.717) is 6.04 Å². The average Bonchev–Trinajstić information content (AvgIpc) is 2.54. The van der Waals surface area contributed by atoms with Crippen LogP contribution in [0, 0.1) is 6.92 Å². The van der Waals surface area contributed by atoms with Crippen molar-refractivity contribution in [2.75, 3.05) is 25.0 Å². The molecule has 1 aliphatic heterocycles. The molecule has 3 rings (SSSR count). The number of likely N-dealkylation sites (tertiary alicyclic amines) is 1. The summed E-state index contributed by atoms with van der Waals surface area (Å²) in [6, 6.07) is 4.68. The number of likely N-dealkylation sites (N-methyl/N-ethyl adjacent to an activating group) is 1. The molecule has 5 nitrogen and oxygen atoms in total. The van der Waals surface area contributed by atoms with E-state index in [1.165, 1.54) is 18.4 Å². The van der Waals surface area contributed by atoms with Crippen molar-refractivity contribution in [1.29, 1.82) is 0 Å². The molecule has 1 unspecified atom stereocenters. The van der Waals surface area contributed by atoms with Gasteiger partial charge in [-0.15, -0.1) is 0 Å². The van der Waals surface area contributed by atoms with Gasteiger partial charge in [-0.1, -0.05) is 0 Å². The van der Waals surface area contributed by atoms with E-state index < -0.39 is 0 Å². The molecule has 122 valence electrons. The summed E-state index contributed by atoms with van der Waals surface area (Å²) in [6.45, 7) is 5.14. The molecule has 1 saturated heterocycles. The van der Waals surface area contributed by atoms with Gasteiger partial charge in [0.05, 0.1) is 0 Å². The summed E-state index contributed by atoms with van der Waals surface area (Å²) < 4.78 is 1.04. The Kier molecular flexibility index (Phi) is 5.23. The number of piperidine rings is 1. The van der Waals surface area contributed by atoms with Crippen molar-refractivity contribution in [2.24, 2.45) is 0 Å². The third kappa shape index (κ3) is 4.26. The molecule has 0 aliphatic carbocycles. The Morgan fingerprint density at radius 1 is 1.30 bits per heavy atom. The highest BCUT2D eigenvalue weighted by molar-refractivity contribution is 9.10. The quantitative estimate of drug-likeness (QED) is 0.821. The van der Waals surface area contributed by atoms with Crippen molar-refractivity contribution >= 4 is 21.7 Å². The van der Waals surface area contributed by atoms with Crippen LogP contribution in [0.1, 0.15) is 24.1 Å². The van der Waals surface area contributed by atoms with E-state index in [4.69, 9.17) is 0 Å². The molecule has 0 radical (unpaired) electrons. The van der Waals surface area contributed by atoms with Crippen LogP contribution in [-0.2, 0) is 6.54 Å². The Balaban J connectivity index is 1.66. The molecule has 0 N–H and O–H groups in total. The lowest BCUT2D eigenvalue weighted by Gasteiger charge is -2.38. The predicted octanol–water partition coefficient (Wildman–Crippen LogP) is 3.04. The summed E-state index contributed by atoms with van der Waals surface area (Å²) in [5.74, 6) is 1.01. The van der Waals surface area contributed by atoms with Gasteiger partial charge in [-0.25, -0.2) is 9.97 Å². The van der Waals surface area contributed by atoms with E-state index in [1.54, 1.807) is 6.33 Å². The van der Waals surface area contributed by atoms with Gasteiger partial charge >= 0.3 is 0 Å². The summed E-state index contributed by atoms with van der Waals surface area (Å²) >= 11 is 3.50. The zero-order valence-electron chi connectivity index (χ0n) is 13.6. The van der Waals surface area contributed by atoms with Gasteiger partial charge in [0.25, 0.3) is 0 Å². The Morgan fingerprint density at radius 3 is 2.96 bits per heavy atom. The van der Waals surface area contributed by atoms with Gasteiger partial charge in [-0.3, -0.25) is 9.88 Å². The molecule has 23 heavy (non-hydrogen) atoms. The van der Waals surface area contributed by atoms with E-state index in [1.807, 2.05) is 19.3 Å². The number of rotatable bonds is 4. The first-order valence-corrected chi connectivity index (χ1v) is 8.74. The second kappa shape index (κ2) is 7.36. The molecule has 0 spiro atoms. The monoisotopic (exact) mass is 375 g/mol. The molecule has 6 heteroatoms.